The Labute approximate surface area is 184 Å². The predicted molar refractivity (Wildman–Crippen MR) is 130 cm³/mol. The third-order valence-corrected chi connectivity index (χ3v) is 6.36. The van der Waals surface area contributed by atoms with Gasteiger partial charge in [0.25, 0.3) is 0 Å². The van der Waals surface area contributed by atoms with Crippen LogP contribution in [0, 0.1) is 0 Å². The molecule has 0 bridgehead atoms. The normalized spacial score (nSPS) is 17.8. The van der Waals surface area contributed by atoms with Gasteiger partial charge in [-0.1, -0.05) is 36.7 Å². The Kier molecular flexibility index (Phi) is 5.57. The van der Waals surface area contributed by atoms with E-state index in [-0.39, 0.29) is 5.54 Å². The zero-order valence-electron chi connectivity index (χ0n) is 18.0. The lowest BCUT2D eigenvalue weighted by Gasteiger charge is -2.45. The number of fused-ring (bicyclic) bond motifs is 1. The summed E-state index contributed by atoms with van der Waals surface area (Å²) in [5, 5.41) is 4.12. The van der Waals surface area contributed by atoms with E-state index in [1.54, 1.807) is 0 Å². The molecule has 1 N–H and O–H groups in total. The van der Waals surface area contributed by atoms with Crippen LogP contribution in [0.4, 0.5) is 22.7 Å². The molecule has 154 valence electrons. The van der Waals surface area contributed by atoms with Gasteiger partial charge in [0.05, 0.1) is 10.7 Å². The number of anilines is 3. The Morgan fingerprint density at radius 3 is 2.40 bits per heavy atom. The van der Waals surface area contributed by atoms with Crippen LogP contribution >= 0.6 is 11.6 Å². The molecule has 4 rings (SSSR count). The van der Waals surface area contributed by atoms with Crippen molar-refractivity contribution < 1.29 is 0 Å². The van der Waals surface area contributed by atoms with Gasteiger partial charge in [0.15, 0.2) is 0 Å². The lowest BCUT2D eigenvalue weighted by atomic mass is 9.80. The molecule has 1 aliphatic rings. The summed E-state index contributed by atoms with van der Waals surface area (Å²) in [5.74, 6) is 0.485. The second-order valence-corrected chi connectivity index (χ2v) is 9.11. The maximum absolute atomic E-state index is 6.62. The van der Waals surface area contributed by atoms with Crippen LogP contribution in [0.2, 0.25) is 5.02 Å². The van der Waals surface area contributed by atoms with E-state index in [1.165, 1.54) is 11.3 Å². The predicted octanol–water partition coefficient (Wildman–Crippen LogP) is 7.56. The van der Waals surface area contributed by atoms with Crippen molar-refractivity contribution in [3.63, 3.8) is 0 Å². The Morgan fingerprint density at radius 1 is 1.03 bits per heavy atom. The molecule has 0 saturated heterocycles. The van der Waals surface area contributed by atoms with Gasteiger partial charge in [-0.15, -0.1) is 0 Å². The minimum atomic E-state index is 0.126. The second kappa shape index (κ2) is 8.16. The molecule has 1 atom stereocenters. The van der Waals surface area contributed by atoms with Crippen molar-refractivity contribution in [2.45, 2.75) is 38.6 Å². The molecule has 0 aliphatic carbocycles. The highest BCUT2D eigenvalue weighted by molar-refractivity contribution is 6.33. The zero-order chi connectivity index (χ0) is 21.3. The molecule has 0 radical (unpaired) electrons. The largest absolute Gasteiger partial charge is 0.369 e. The number of benzene rings is 3. The van der Waals surface area contributed by atoms with E-state index in [0.29, 0.717) is 5.92 Å². The van der Waals surface area contributed by atoms with Crippen molar-refractivity contribution in [2.75, 3.05) is 17.3 Å². The fourth-order valence-corrected chi connectivity index (χ4v) is 4.37. The smallest absolute Gasteiger partial charge is 0.0631 e. The van der Waals surface area contributed by atoms with E-state index >= 15 is 0 Å². The van der Waals surface area contributed by atoms with Crippen molar-refractivity contribution in [3.8, 4) is 0 Å². The van der Waals surface area contributed by atoms with Gasteiger partial charge < -0.3 is 10.2 Å². The summed E-state index contributed by atoms with van der Waals surface area (Å²) in [6, 6.07) is 22.5. The lowest BCUT2D eigenvalue weighted by Crippen LogP contribution is -2.45. The number of halogens is 1. The van der Waals surface area contributed by atoms with Crippen molar-refractivity contribution >= 4 is 40.6 Å². The van der Waals surface area contributed by atoms with Crippen LogP contribution in [0.25, 0.3) is 0 Å². The molecule has 4 heteroatoms. The lowest BCUT2D eigenvalue weighted by molar-refractivity contribution is 0.395. The Bertz CT molecular complexity index is 1060. The molecular formula is C26H28ClN3. The molecule has 3 aromatic carbocycles. The van der Waals surface area contributed by atoms with Gasteiger partial charge in [0, 0.05) is 41.4 Å². The molecule has 0 aromatic heterocycles. The van der Waals surface area contributed by atoms with Crippen LogP contribution in [0.3, 0.4) is 0 Å². The molecule has 3 nitrogen and oxygen atoms in total. The summed E-state index contributed by atoms with van der Waals surface area (Å²) in [6.45, 7) is 6.86. The van der Waals surface area contributed by atoms with Crippen LogP contribution in [0.5, 0.6) is 0 Å². The topological polar surface area (TPSA) is 27.6 Å². The monoisotopic (exact) mass is 417 g/mol. The van der Waals surface area contributed by atoms with E-state index in [1.807, 2.05) is 60.8 Å². The maximum Gasteiger partial charge on any atom is 0.0631 e. The minimum absolute atomic E-state index is 0.126. The number of hydrogen-bond donors (Lipinski definition) is 1. The first-order valence-electron chi connectivity index (χ1n) is 10.4. The quantitative estimate of drug-likeness (QED) is 0.443. The van der Waals surface area contributed by atoms with Crippen LogP contribution in [0.15, 0.2) is 71.7 Å². The summed E-state index contributed by atoms with van der Waals surface area (Å²) < 4.78 is 0. The molecule has 3 aromatic rings. The van der Waals surface area contributed by atoms with Crippen molar-refractivity contribution in [1.29, 1.82) is 0 Å². The van der Waals surface area contributed by atoms with E-state index in [0.717, 1.165) is 34.1 Å². The standard InChI is InChI=1S/C26H28ClN3/c1-18-16-26(2,3)30(4)25-15-24(27)19(14-23(18)25)17-28-20-10-12-22(13-11-20)29-21-8-6-5-7-9-21/h5-15,17-18,29H,16H2,1-4H3. The Hall–Kier alpha value is -2.78. The van der Waals surface area contributed by atoms with E-state index < -0.39 is 0 Å². The molecule has 0 amide bonds. The fraction of sp³-hybridized carbons (Fsp3) is 0.269. The van der Waals surface area contributed by atoms with Gasteiger partial charge in [-0.25, -0.2) is 0 Å². The summed E-state index contributed by atoms with van der Waals surface area (Å²) >= 11 is 6.62. The average molecular weight is 418 g/mol. The molecule has 0 spiro atoms. The maximum atomic E-state index is 6.62. The molecule has 0 fully saturated rings. The highest BCUT2D eigenvalue weighted by atomic mass is 35.5. The SMILES string of the molecule is CC1CC(C)(C)N(C)c2cc(Cl)c(C=Nc3ccc(Nc4ccccc4)cc3)cc21. The summed E-state index contributed by atoms with van der Waals surface area (Å²) in [6.07, 6.45) is 2.99. The highest BCUT2D eigenvalue weighted by Gasteiger charge is 2.34. The van der Waals surface area contributed by atoms with E-state index in [9.17, 15) is 0 Å². The average Bonchev–Trinajstić information content (AvgIpc) is 2.72. The first-order valence-corrected chi connectivity index (χ1v) is 10.7. The zero-order valence-corrected chi connectivity index (χ0v) is 18.7. The number of nitrogens with zero attached hydrogens (tertiary/aromatic N) is 2. The van der Waals surface area contributed by atoms with Gasteiger partial charge in [0.2, 0.25) is 0 Å². The molecule has 30 heavy (non-hydrogen) atoms. The summed E-state index contributed by atoms with van der Waals surface area (Å²) in [4.78, 5) is 7.00. The minimum Gasteiger partial charge on any atom is -0.369 e. The van der Waals surface area contributed by atoms with Gasteiger partial charge in [-0.05, 0) is 80.3 Å². The van der Waals surface area contributed by atoms with Crippen LogP contribution in [-0.2, 0) is 0 Å². The third-order valence-electron chi connectivity index (χ3n) is 6.03. The third kappa shape index (κ3) is 4.22. The molecule has 1 aliphatic heterocycles. The van der Waals surface area contributed by atoms with Crippen molar-refractivity contribution in [1.82, 2.24) is 0 Å². The number of para-hydroxylation sites is 1. The Morgan fingerprint density at radius 2 is 1.70 bits per heavy atom. The van der Waals surface area contributed by atoms with Gasteiger partial charge in [-0.3, -0.25) is 4.99 Å². The van der Waals surface area contributed by atoms with Crippen LogP contribution < -0.4 is 10.2 Å². The van der Waals surface area contributed by atoms with Gasteiger partial charge in [-0.2, -0.15) is 0 Å². The number of nitrogens with one attached hydrogen (secondary N) is 1. The highest BCUT2D eigenvalue weighted by Crippen LogP contribution is 2.44. The van der Waals surface area contributed by atoms with Gasteiger partial charge >= 0.3 is 0 Å². The fourth-order valence-electron chi connectivity index (χ4n) is 4.17. The van der Waals surface area contributed by atoms with Crippen molar-refractivity contribution in [3.05, 3.63) is 82.9 Å². The van der Waals surface area contributed by atoms with Gasteiger partial charge in [0.1, 0.15) is 0 Å². The summed E-state index contributed by atoms with van der Waals surface area (Å²) in [7, 11) is 2.15. The summed E-state index contributed by atoms with van der Waals surface area (Å²) in [5.41, 5.74) is 6.64. The van der Waals surface area contributed by atoms with Crippen LogP contribution in [0.1, 0.15) is 44.2 Å². The number of rotatable bonds is 4. The molecule has 1 heterocycles. The first kappa shape index (κ1) is 20.5. The van der Waals surface area contributed by atoms with Crippen molar-refractivity contribution in [2.24, 2.45) is 4.99 Å². The number of aliphatic imine (C=N–C) groups is 1. The molecule has 0 saturated carbocycles. The van der Waals surface area contributed by atoms with Crippen LogP contribution in [-0.4, -0.2) is 18.8 Å². The van der Waals surface area contributed by atoms with E-state index in [2.05, 4.69) is 55.2 Å². The number of hydrogen-bond acceptors (Lipinski definition) is 3. The first-order chi connectivity index (χ1) is 14.3. The molecular weight excluding hydrogens is 390 g/mol. The van der Waals surface area contributed by atoms with E-state index in [4.69, 9.17) is 11.6 Å². The molecule has 1 unspecified atom stereocenters. The Balaban J connectivity index is 1.54. The second-order valence-electron chi connectivity index (χ2n) is 8.71.